The van der Waals surface area contributed by atoms with Crippen LogP contribution in [0.4, 0.5) is 11.6 Å². The smallest absolute Gasteiger partial charge is 0.145 e. The minimum Gasteiger partial charge on any atom is -0.392 e. The molecule has 1 fully saturated rings. The van der Waals surface area contributed by atoms with E-state index in [9.17, 15) is 5.11 Å². The van der Waals surface area contributed by atoms with Crippen LogP contribution in [0, 0.1) is 6.92 Å². The maximum Gasteiger partial charge on any atom is 0.145 e. The first-order chi connectivity index (χ1) is 15.4. The Balaban J connectivity index is 0.000000203. The Morgan fingerprint density at radius 3 is 2.28 bits per heavy atom. The van der Waals surface area contributed by atoms with Gasteiger partial charge in [0.05, 0.1) is 23.2 Å². The molecule has 0 spiro atoms. The molecule has 2 aliphatic rings. The zero-order valence-electron chi connectivity index (χ0n) is 19.5. The number of aliphatic hydroxyl groups is 1. The van der Waals surface area contributed by atoms with Crippen molar-refractivity contribution in [3.8, 4) is 11.3 Å². The van der Waals surface area contributed by atoms with Gasteiger partial charge in [0.15, 0.2) is 0 Å². The molecule has 3 aromatic rings. The molecular formula is C26H33N5O. The van der Waals surface area contributed by atoms with Gasteiger partial charge in [0, 0.05) is 31.8 Å². The summed E-state index contributed by atoms with van der Waals surface area (Å²) in [4.78, 5) is 16.0. The fourth-order valence-corrected chi connectivity index (χ4v) is 4.19. The number of hydrogen-bond donors (Lipinski definition) is 2. The topological polar surface area (TPSA) is 88.2 Å². The van der Waals surface area contributed by atoms with Crippen LogP contribution in [-0.2, 0) is 19.3 Å². The van der Waals surface area contributed by atoms with Crippen molar-refractivity contribution in [2.24, 2.45) is 0 Å². The molecule has 168 valence electrons. The van der Waals surface area contributed by atoms with Crippen molar-refractivity contribution in [1.82, 2.24) is 15.0 Å². The predicted molar refractivity (Wildman–Crippen MR) is 130 cm³/mol. The number of benzene rings is 1. The average molecular weight is 432 g/mol. The summed E-state index contributed by atoms with van der Waals surface area (Å²) < 4.78 is 0. The van der Waals surface area contributed by atoms with Crippen LogP contribution in [0.25, 0.3) is 11.3 Å². The summed E-state index contributed by atoms with van der Waals surface area (Å²) in [6.45, 7) is 4.18. The number of aromatic nitrogens is 3. The molecule has 0 radical (unpaired) electrons. The van der Waals surface area contributed by atoms with Crippen molar-refractivity contribution < 1.29 is 5.11 Å². The van der Waals surface area contributed by atoms with Crippen LogP contribution in [0.15, 0.2) is 36.5 Å². The minimum absolute atomic E-state index is 0.127. The van der Waals surface area contributed by atoms with E-state index in [0.29, 0.717) is 11.7 Å². The van der Waals surface area contributed by atoms with E-state index in [0.717, 1.165) is 53.3 Å². The zero-order valence-corrected chi connectivity index (χ0v) is 19.5. The molecule has 5 rings (SSSR count). The van der Waals surface area contributed by atoms with Crippen molar-refractivity contribution >= 4 is 11.6 Å². The van der Waals surface area contributed by atoms with Crippen LogP contribution in [0.5, 0.6) is 0 Å². The minimum atomic E-state index is -0.127. The number of anilines is 2. The number of pyridine rings is 1. The summed E-state index contributed by atoms with van der Waals surface area (Å²) in [6, 6.07) is 10.3. The van der Waals surface area contributed by atoms with Crippen LogP contribution >= 0.6 is 0 Å². The molecule has 32 heavy (non-hydrogen) atoms. The molecule has 0 aliphatic heterocycles. The largest absolute Gasteiger partial charge is 0.392 e. The van der Waals surface area contributed by atoms with Gasteiger partial charge in [0.2, 0.25) is 0 Å². The third-order valence-electron chi connectivity index (χ3n) is 6.16. The maximum absolute atomic E-state index is 9.25. The van der Waals surface area contributed by atoms with E-state index in [4.69, 9.17) is 10.7 Å². The molecule has 0 saturated heterocycles. The van der Waals surface area contributed by atoms with Gasteiger partial charge < -0.3 is 15.7 Å². The number of nitrogens with zero attached hydrogens (tertiary/aromatic N) is 4. The molecule has 6 heteroatoms. The van der Waals surface area contributed by atoms with Gasteiger partial charge in [-0.25, -0.2) is 15.0 Å². The molecule has 0 amide bonds. The summed E-state index contributed by atoms with van der Waals surface area (Å²) >= 11 is 0. The van der Waals surface area contributed by atoms with Crippen LogP contribution in [0.3, 0.4) is 0 Å². The second-order valence-electron chi connectivity index (χ2n) is 9.00. The molecule has 1 aromatic carbocycles. The lowest BCUT2D eigenvalue weighted by Crippen LogP contribution is -2.11. The first kappa shape index (κ1) is 22.2. The molecule has 0 unspecified atom stereocenters. The first-order valence-corrected chi connectivity index (χ1v) is 11.4. The Morgan fingerprint density at radius 1 is 1.09 bits per heavy atom. The van der Waals surface area contributed by atoms with Gasteiger partial charge in [-0.1, -0.05) is 31.2 Å². The van der Waals surface area contributed by atoms with Crippen molar-refractivity contribution in [2.45, 2.75) is 58.0 Å². The lowest BCUT2D eigenvalue weighted by atomic mass is 10.0. The fraction of sp³-hybridized carbons (Fsp3) is 0.423. The molecule has 2 aliphatic carbocycles. The van der Waals surface area contributed by atoms with Crippen LogP contribution in [0.2, 0.25) is 0 Å². The van der Waals surface area contributed by atoms with Crippen LogP contribution < -0.4 is 10.6 Å². The molecule has 1 saturated carbocycles. The number of fused-ring (bicyclic) bond motifs is 1. The van der Waals surface area contributed by atoms with Crippen molar-refractivity contribution in [2.75, 3.05) is 24.7 Å². The second-order valence-corrected chi connectivity index (χ2v) is 9.00. The van der Waals surface area contributed by atoms with E-state index in [1.54, 1.807) is 0 Å². The van der Waals surface area contributed by atoms with E-state index in [1.807, 2.05) is 37.3 Å². The van der Waals surface area contributed by atoms with Gasteiger partial charge in [-0.05, 0) is 61.8 Å². The first-order valence-electron chi connectivity index (χ1n) is 11.4. The predicted octanol–water partition coefficient (Wildman–Crippen LogP) is 4.08. The Bertz CT molecular complexity index is 1080. The highest BCUT2D eigenvalue weighted by Gasteiger charge is 2.29. The molecule has 2 aromatic heterocycles. The van der Waals surface area contributed by atoms with E-state index in [2.05, 4.69) is 42.0 Å². The third kappa shape index (κ3) is 4.75. The highest BCUT2D eigenvalue weighted by molar-refractivity contribution is 5.68. The Hall–Kier alpha value is -2.99. The number of aryl methyl sites for hydroxylation is 2. The monoisotopic (exact) mass is 431 g/mol. The summed E-state index contributed by atoms with van der Waals surface area (Å²) in [5.74, 6) is 2.04. The zero-order chi connectivity index (χ0) is 22.8. The SMILES string of the molecule is CCc1nc(N)c(C2CC2)nc1-c1cnc(N(C)C)cc1C.OC1Cc2ccccc2C1. The number of aliphatic hydroxyl groups excluding tert-OH is 1. The summed E-state index contributed by atoms with van der Waals surface area (Å²) in [5.41, 5.74) is 13.8. The Kier molecular flexibility index (Phi) is 6.42. The number of nitrogens with two attached hydrogens (primary N) is 1. The average Bonchev–Trinajstić information content (AvgIpc) is 3.54. The van der Waals surface area contributed by atoms with Gasteiger partial charge >= 0.3 is 0 Å². The Labute approximate surface area is 190 Å². The van der Waals surface area contributed by atoms with Gasteiger partial charge in [-0.15, -0.1) is 0 Å². The molecule has 3 N–H and O–H groups in total. The van der Waals surface area contributed by atoms with Crippen molar-refractivity contribution in [3.63, 3.8) is 0 Å². The van der Waals surface area contributed by atoms with E-state index < -0.39 is 0 Å². The van der Waals surface area contributed by atoms with Gasteiger partial charge in [0.1, 0.15) is 11.6 Å². The third-order valence-corrected chi connectivity index (χ3v) is 6.16. The molecule has 2 heterocycles. The maximum atomic E-state index is 9.25. The second kappa shape index (κ2) is 9.25. The summed E-state index contributed by atoms with van der Waals surface area (Å²) in [7, 11) is 3.99. The lowest BCUT2D eigenvalue weighted by molar-refractivity contribution is 0.187. The summed E-state index contributed by atoms with van der Waals surface area (Å²) in [6.07, 6.45) is 6.61. The van der Waals surface area contributed by atoms with Crippen molar-refractivity contribution in [3.05, 3.63) is 64.6 Å². The molecular weight excluding hydrogens is 398 g/mol. The number of rotatable bonds is 4. The van der Waals surface area contributed by atoms with E-state index in [-0.39, 0.29) is 6.10 Å². The quantitative estimate of drug-likeness (QED) is 0.647. The van der Waals surface area contributed by atoms with Gasteiger partial charge in [0.25, 0.3) is 0 Å². The number of hydrogen-bond acceptors (Lipinski definition) is 6. The van der Waals surface area contributed by atoms with E-state index in [1.165, 1.54) is 24.0 Å². The van der Waals surface area contributed by atoms with Gasteiger partial charge in [-0.2, -0.15) is 0 Å². The Morgan fingerprint density at radius 2 is 1.75 bits per heavy atom. The summed E-state index contributed by atoms with van der Waals surface area (Å²) in [5, 5.41) is 9.25. The van der Waals surface area contributed by atoms with Crippen molar-refractivity contribution in [1.29, 1.82) is 0 Å². The van der Waals surface area contributed by atoms with E-state index >= 15 is 0 Å². The lowest BCUT2D eigenvalue weighted by Gasteiger charge is -2.16. The highest BCUT2D eigenvalue weighted by Crippen LogP contribution is 2.42. The molecule has 6 nitrogen and oxygen atoms in total. The van der Waals surface area contributed by atoms with Gasteiger partial charge in [-0.3, -0.25) is 0 Å². The number of nitrogen functional groups attached to an aromatic ring is 1. The fourth-order valence-electron chi connectivity index (χ4n) is 4.19. The highest BCUT2D eigenvalue weighted by atomic mass is 16.3. The van der Waals surface area contributed by atoms with Crippen LogP contribution in [0.1, 0.15) is 53.8 Å². The molecule has 0 atom stereocenters. The van der Waals surface area contributed by atoms with Crippen LogP contribution in [-0.4, -0.2) is 40.3 Å². The standard InChI is InChI=1S/C17H23N5.C9H10O/c1-5-13-16(21-15(11-6-7-11)17(18)20-13)12-9-19-14(22(3)4)8-10(12)2;10-9-5-7-3-1-2-4-8(7)6-9/h8-9,11H,5-7H2,1-4H3,(H2,18,20);1-4,9-10H,5-6H2. The molecule has 0 bridgehead atoms. The normalized spacial score (nSPS) is 15.2.